The van der Waals surface area contributed by atoms with Crippen molar-refractivity contribution in [3.05, 3.63) is 75.3 Å². The number of hydrogen-bond donors (Lipinski definition) is 0. The number of aryl methyl sites for hydroxylation is 1. The Morgan fingerprint density at radius 3 is 2.48 bits per heavy atom. The first-order valence-electron chi connectivity index (χ1n) is 10.2. The third-order valence-corrected chi connectivity index (χ3v) is 8.72. The van der Waals surface area contributed by atoms with Crippen LogP contribution >= 0.6 is 22.9 Å². The number of piperazine rings is 1. The van der Waals surface area contributed by atoms with E-state index in [0.29, 0.717) is 25.6 Å². The molecule has 2 aromatic carbocycles. The molecule has 176 valence electrons. The van der Waals surface area contributed by atoms with E-state index in [-0.39, 0.29) is 18.1 Å². The highest BCUT2D eigenvalue weighted by Crippen LogP contribution is 2.35. The fourth-order valence-corrected chi connectivity index (χ4v) is 6.49. The zero-order valence-corrected chi connectivity index (χ0v) is 20.0. The van der Waals surface area contributed by atoms with E-state index >= 15 is 0 Å². The van der Waals surface area contributed by atoms with Crippen molar-refractivity contribution in [3.63, 3.8) is 0 Å². The lowest BCUT2D eigenvalue weighted by Crippen LogP contribution is -2.48. The first-order chi connectivity index (χ1) is 15.5. The number of hydrogen-bond acceptors (Lipinski definition) is 5. The number of alkyl halides is 3. The molecule has 0 bridgehead atoms. The van der Waals surface area contributed by atoms with Crippen LogP contribution in [0.25, 0.3) is 0 Å². The minimum Gasteiger partial charge on any atom is -0.345 e. The Kier molecular flexibility index (Phi) is 6.73. The molecule has 2 heterocycles. The van der Waals surface area contributed by atoms with Crippen molar-refractivity contribution in [3.8, 4) is 0 Å². The summed E-state index contributed by atoms with van der Waals surface area (Å²) in [5.74, 6) is 0. The molecule has 11 heteroatoms. The average molecular weight is 516 g/mol. The molecule has 4 rings (SSSR count). The second kappa shape index (κ2) is 9.25. The predicted molar refractivity (Wildman–Crippen MR) is 124 cm³/mol. The fourth-order valence-electron chi connectivity index (χ4n) is 3.69. The van der Waals surface area contributed by atoms with Crippen LogP contribution in [-0.2, 0) is 22.6 Å². The highest BCUT2D eigenvalue weighted by molar-refractivity contribution is 7.89. The van der Waals surface area contributed by atoms with Crippen LogP contribution in [0.3, 0.4) is 0 Å². The first kappa shape index (κ1) is 24.0. The van der Waals surface area contributed by atoms with Gasteiger partial charge in [0.2, 0.25) is 10.0 Å². The lowest BCUT2D eigenvalue weighted by Gasteiger charge is -2.34. The zero-order valence-electron chi connectivity index (χ0n) is 17.6. The summed E-state index contributed by atoms with van der Waals surface area (Å²) < 4.78 is 66.4. The van der Waals surface area contributed by atoms with Gasteiger partial charge in [-0.2, -0.15) is 17.5 Å². The highest BCUT2D eigenvalue weighted by atomic mass is 35.5. The van der Waals surface area contributed by atoms with Crippen molar-refractivity contribution in [2.24, 2.45) is 0 Å². The van der Waals surface area contributed by atoms with E-state index in [1.807, 2.05) is 29.3 Å². The van der Waals surface area contributed by atoms with E-state index in [0.717, 1.165) is 23.0 Å². The fraction of sp³-hybridized carbons (Fsp3) is 0.318. The van der Waals surface area contributed by atoms with E-state index in [2.05, 4.69) is 17.1 Å². The van der Waals surface area contributed by atoms with E-state index in [9.17, 15) is 21.6 Å². The van der Waals surface area contributed by atoms with E-state index in [1.165, 1.54) is 26.8 Å². The maximum Gasteiger partial charge on any atom is 0.416 e. The van der Waals surface area contributed by atoms with Crippen molar-refractivity contribution in [2.75, 3.05) is 31.1 Å². The smallest absolute Gasteiger partial charge is 0.345 e. The monoisotopic (exact) mass is 515 g/mol. The lowest BCUT2D eigenvalue weighted by molar-refractivity contribution is -0.137. The molecule has 0 saturated carbocycles. The van der Waals surface area contributed by atoms with Crippen molar-refractivity contribution in [1.29, 1.82) is 0 Å². The maximum atomic E-state index is 13.1. The summed E-state index contributed by atoms with van der Waals surface area (Å²) in [5.41, 5.74) is 2.24. The Morgan fingerprint density at radius 2 is 1.82 bits per heavy atom. The molecule has 0 N–H and O–H groups in total. The quantitative estimate of drug-likeness (QED) is 0.467. The second-order valence-electron chi connectivity index (χ2n) is 7.82. The van der Waals surface area contributed by atoms with Gasteiger partial charge in [0.1, 0.15) is 4.90 Å². The van der Waals surface area contributed by atoms with Crippen LogP contribution in [0.1, 0.15) is 22.4 Å². The first-order valence-corrected chi connectivity index (χ1v) is 12.9. The molecule has 0 unspecified atom stereocenters. The Morgan fingerprint density at radius 1 is 1.09 bits per heavy atom. The second-order valence-corrected chi connectivity index (χ2v) is 11.0. The Labute approximate surface area is 199 Å². The number of thiazole rings is 1. The van der Waals surface area contributed by atoms with Gasteiger partial charge in [-0.05, 0) is 30.7 Å². The van der Waals surface area contributed by atoms with Crippen LogP contribution in [0.4, 0.5) is 18.3 Å². The van der Waals surface area contributed by atoms with Gasteiger partial charge in [0, 0.05) is 38.0 Å². The van der Waals surface area contributed by atoms with Gasteiger partial charge < -0.3 is 4.90 Å². The summed E-state index contributed by atoms with van der Waals surface area (Å²) in [4.78, 5) is 6.15. The number of rotatable bonds is 5. The van der Waals surface area contributed by atoms with Crippen LogP contribution < -0.4 is 4.90 Å². The van der Waals surface area contributed by atoms with Crippen molar-refractivity contribution in [2.45, 2.75) is 24.4 Å². The predicted octanol–water partition coefficient (Wildman–Crippen LogP) is 5.23. The molecule has 0 spiro atoms. The van der Waals surface area contributed by atoms with Crippen molar-refractivity contribution < 1.29 is 21.6 Å². The maximum absolute atomic E-state index is 13.1. The third kappa shape index (κ3) is 5.34. The molecule has 5 nitrogen and oxygen atoms in total. The highest BCUT2D eigenvalue weighted by Gasteiger charge is 2.35. The molecule has 1 fully saturated rings. The van der Waals surface area contributed by atoms with Crippen LogP contribution in [0.15, 0.2) is 52.7 Å². The standard InChI is InChI=1S/C22H21ClF3N3O2S2/c1-15-3-2-4-16(11-15)12-18-14-32-21(27-18)28-7-9-29(10-8-28)33(30,31)20-13-17(22(24,25)26)5-6-19(20)23/h2-6,11,13-14H,7-10,12H2,1H3. The van der Waals surface area contributed by atoms with Crippen molar-refractivity contribution >= 4 is 38.1 Å². The average Bonchev–Trinajstić information content (AvgIpc) is 3.21. The summed E-state index contributed by atoms with van der Waals surface area (Å²) in [6, 6.07) is 10.6. The summed E-state index contributed by atoms with van der Waals surface area (Å²) >= 11 is 7.45. The molecule has 33 heavy (non-hydrogen) atoms. The summed E-state index contributed by atoms with van der Waals surface area (Å²) in [5, 5.41) is 2.56. The Bertz CT molecular complexity index is 1250. The number of sulfonamides is 1. The molecule has 1 saturated heterocycles. The summed E-state index contributed by atoms with van der Waals surface area (Å²) in [6.07, 6.45) is -3.95. The van der Waals surface area contributed by atoms with Gasteiger partial charge in [-0.15, -0.1) is 11.3 Å². The number of halogens is 4. The van der Waals surface area contributed by atoms with E-state index in [4.69, 9.17) is 11.6 Å². The van der Waals surface area contributed by atoms with Crippen LogP contribution in [-0.4, -0.2) is 43.9 Å². The normalized spacial score (nSPS) is 15.7. The molecular formula is C22H21ClF3N3O2S2. The number of anilines is 1. The minimum absolute atomic E-state index is 0.127. The number of aromatic nitrogens is 1. The minimum atomic E-state index is -4.66. The van der Waals surface area contributed by atoms with Gasteiger partial charge in [0.15, 0.2) is 5.13 Å². The lowest BCUT2D eigenvalue weighted by atomic mass is 10.1. The SMILES string of the molecule is Cc1cccc(Cc2csc(N3CCN(S(=O)(=O)c4cc(C(F)(F)F)ccc4Cl)CC3)n2)c1. The largest absolute Gasteiger partial charge is 0.416 e. The van der Waals surface area contributed by atoms with Gasteiger partial charge in [0.25, 0.3) is 0 Å². The van der Waals surface area contributed by atoms with Crippen molar-refractivity contribution in [1.82, 2.24) is 9.29 Å². The van der Waals surface area contributed by atoms with E-state index in [1.54, 1.807) is 0 Å². The molecular weight excluding hydrogens is 495 g/mol. The topological polar surface area (TPSA) is 53.5 Å². The molecule has 1 aliphatic heterocycles. The molecule has 1 aliphatic rings. The summed E-state index contributed by atoms with van der Waals surface area (Å²) in [7, 11) is -4.16. The molecule has 1 aromatic heterocycles. The van der Waals surface area contributed by atoms with Crippen LogP contribution in [0.5, 0.6) is 0 Å². The number of nitrogens with zero attached hydrogens (tertiary/aromatic N) is 3. The Hall–Kier alpha value is -2.14. The zero-order chi connectivity index (χ0) is 23.8. The molecule has 3 aromatic rings. The van der Waals surface area contributed by atoms with E-state index < -0.39 is 26.7 Å². The van der Waals surface area contributed by atoms with Crippen LogP contribution in [0, 0.1) is 6.92 Å². The molecule has 0 atom stereocenters. The molecule has 0 aliphatic carbocycles. The van der Waals surface area contributed by atoms with Crippen LogP contribution in [0.2, 0.25) is 5.02 Å². The Balaban J connectivity index is 1.44. The molecule has 0 amide bonds. The third-order valence-electron chi connectivity index (χ3n) is 5.39. The van der Waals surface area contributed by atoms with Gasteiger partial charge in [-0.25, -0.2) is 13.4 Å². The summed E-state index contributed by atoms with van der Waals surface area (Å²) in [6.45, 7) is 3.06. The van der Waals surface area contributed by atoms with Gasteiger partial charge in [-0.3, -0.25) is 0 Å². The van der Waals surface area contributed by atoms with Gasteiger partial charge in [0.05, 0.1) is 16.3 Å². The molecule has 0 radical (unpaired) electrons. The van der Waals surface area contributed by atoms with Gasteiger partial charge in [-0.1, -0.05) is 41.4 Å². The van der Waals surface area contributed by atoms with Gasteiger partial charge >= 0.3 is 6.18 Å². The number of benzene rings is 2.